The summed E-state index contributed by atoms with van der Waals surface area (Å²) < 4.78 is 26.8. The Hall–Kier alpha value is -2.23. The van der Waals surface area contributed by atoms with Crippen molar-refractivity contribution in [3.05, 3.63) is 59.2 Å². The van der Waals surface area contributed by atoms with Crippen molar-refractivity contribution in [3.63, 3.8) is 0 Å². The number of hydrogen-bond donors (Lipinski definition) is 1. The number of hydrogen-bond acceptors (Lipinski definition) is 1. The number of benzene rings is 2. The summed E-state index contributed by atoms with van der Waals surface area (Å²) in [6.45, 7) is 1.81. The van der Waals surface area contributed by atoms with E-state index in [0.717, 1.165) is 11.6 Å². The molecule has 0 saturated carbocycles. The van der Waals surface area contributed by atoms with Crippen LogP contribution >= 0.6 is 0 Å². The molecule has 0 atom stereocenters. The molecule has 0 unspecified atom stereocenters. The van der Waals surface area contributed by atoms with Crippen molar-refractivity contribution in [1.29, 1.82) is 0 Å². The van der Waals surface area contributed by atoms with Gasteiger partial charge in [0.2, 0.25) is 0 Å². The van der Waals surface area contributed by atoms with Gasteiger partial charge in [0.15, 0.2) is 0 Å². The molecule has 1 N–H and O–H groups in total. The van der Waals surface area contributed by atoms with Crippen LogP contribution < -0.4 is 0 Å². The molecule has 0 aliphatic rings. The number of carbonyl (C=O) groups is 1. The maximum atomic E-state index is 13.8. The smallest absolute Gasteiger partial charge is 0.336 e. The SMILES string of the molecule is Cc1cccc(-c2c(F)cc(F)cc2C(=O)O)c1. The Morgan fingerprint density at radius 1 is 1.17 bits per heavy atom. The lowest BCUT2D eigenvalue weighted by Crippen LogP contribution is -2.03. The van der Waals surface area contributed by atoms with Gasteiger partial charge >= 0.3 is 5.97 Å². The van der Waals surface area contributed by atoms with Gasteiger partial charge in [-0.3, -0.25) is 0 Å². The molecule has 2 aromatic carbocycles. The first kappa shape index (κ1) is 12.2. The summed E-state index contributed by atoms with van der Waals surface area (Å²) in [5.74, 6) is -3.13. The second-order valence-electron chi connectivity index (χ2n) is 3.98. The number of carboxylic acid groups (broad SMARTS) is 1. The lowest BCUT2D eigenvalue weighted by Gasteiger charge is -2.09. The third-order valence-electron chi connectivity index (χ3n) is 2.59. The summed E-state index contributed by atoms with van der Waals surface area (Å²) in [6, 6.07) is 8.26. The van der Waals surface area contributed by atoms with E-state index in [2.05, 4.69) is 0 Å². The predicted molar refractivity (Wildman–Crippen MR) is 63.5 cm³/mol. The first-order chi connectivity index (χ1) is 8.49. The van der Waals surface area contributed by atoms with Crippen molar-refractivity contribution in [2.45, 2.75) is 6.92 Å². The van der Waals surface area contributed by atoms with E-state index < -0.39 is 17.6 Å². The Balaban J connectivity index is 2.74. The number of aryl methyl sites for hydroxylation is 1. The van der Waals surface area contributed by atoms with Gasteiger partial charge < -0.3 is 5.11 Å². The minimum absolute atomic E-state index is 0.0902. The Morgan fingerprint density at radius 3 is 2.50 bits per heavy atom. The van der Waals surface area contributed by atoms with Gasteiger partial charge in [0.05, 0.1) is 5.56 Å². The van der Waals surface area contributed by atoms with E-state index in [9.17, 15) is 13.6 Å². The molecule has 4 heteroatoms. The summed E-state index contributed by atoms with van der Waals surface area (Å²) in [5, 5.41) is 9.01. The topological polar surface area (TPSA) is 37.3 Å². The molecule has 2 rings (SSSR count). The lowest BCUT2D eigenvalue weighted by atomic mass is 9.97. The molecule has 2 aromatic rings. The van der Waals surface area contributed by atoms with Crippen molar-refractivity contribution in [2.75, 3.05) is 0 Å². The number of aromatic carboxylic acids is 1. The molecule has 0 fully saturated rings. The minimum atomic E-state index is -1.36. The van der Waals surface area contributed by atoms with Gasteiger partial charge in [-0.25, -0.2) is 13.6 Å². The molecule has 0 heterocycles. The largest absolute Gasteiger partial charge is 0.478 e. The monoisotopic (exact) mass is 248 g/mol. The summed E-state index contributed by atoms with van der Waals surface area (Å²) in [5.41, 5.74) is 0.822. The first-order valence-corrected chi connectivity index (χ1v) is 5.28. The van der Waals surface area contributed by atoms with Crippen molar-refractivity contribution in [1.82, 2.24) is 0 Å². The average Bonchev–Trinajstić information content (AvgIpc) is 2.27. The van der Waals surface area contributed by atoms with Crippen LogP contribution in [0.3, 0.4) is 0 Å². The van der Waals surface area contributed by atoms with Crippen LogP contribution in [0.1, 0.15) is 15.9 Å². The fourth-order valence-electron chi connectivity index (χ4n) is 1.84. The van der Waals surface area contributed by atoms with E-state index in [0.29, 0.717) is 11.6 Å². The number of halogens is 2. The third kappa shape index (κ3) is 2.22. The van der Waals surface area contributed by atoms with E-state index in [1.807, 2.05) is 13.0 Å². The average molecular weight is 248 g/mol. The lowest BCUT2D eigenvalue weighted by molar-refractivity contribution is 0.0696. The second kappa shape index (κ2) is 4.56. The van der Waals surface area contributed by atoms with Crippen LogP contribution in [0.25, 0.3) is 11.1 Å². The van der Waals surface area contributed by atoms with Crippen molar-refractivity contribution < 1.29 is 18.7 Å². The van der Waals surface area contributed by atoms with Gasteiger partial charge in [0.1, 0.15) is 11.6 Å². The molecule has 18 heavy (non-hydrogen) atoms. The molecule has 0 bridgehead atoms. The second-order valence-corrected chi connectivity index (χ2v) is 3.98. The molecular formula is C14H10F2O2. The normalized spacial score (nSPS) is 10.4. The highest BCUT2D eigenvalue weighted by Gasteiger charge is 2.18. The van der Waals surface area contributed by atoms with Crippen molar-refractivity contribution in [3.8, 4) is 11.1 Å². The zero-order chi connectivity index (χ0) is 13.3. The van der Waals surface area contributed by atoms with Gasteiger partial charge in [-0.1, -0.05) is 29.8 Å². The van der Waals surface area contributed by atoms with Gasteiger partial charge in [-0.05, 0) is 18.6 Å². The summed E-state index contributed by atoms with van der Waals surface area (Å²) in [7, 11) is 0. The summed E-state index contributed by atoms with van der Waals surface area (Å²) in [4.78, 5) is 11.1. The standard InChI is InChI=1S/C14H10F2O2/c1-8-3-2-4-9(5-8)13-11(14(17)18)6-10(15)7-12(13)16/h2-7H,1H3,(H,17,18). The van der Waals surface area contributed by atoms with E-state index in [1.165, 1.54) is 0 Å². The molecule has 0 spiro atoms. The highest BCUT2D eigenvalue weighted by molar-refractivity contribution is 5.96. The van der Waals surface area contributed by atoms with Crippen LogP contribution in [0, 0.1) is 18.6 Å². The molecule has 0 amide bonds. The van der Waals surface area contributed by atoms with Crippen molar-refractivity contribution >= 4 is 5.97 Å². The fraction of sp³-hybridized carbons (Fsp3) is 0.0714. The van der Waals surface area contributed by atoms with Crippen LogP contribution in [0.4, 0.5) is 8.78 Å². The molecule has 0 aromatic heterocycles. The summed E-state index contributed by atoms with van der Waals surface area (Å²) >= 11 is 0. The maximum Gasteiger partial charge on any atom is 0.336 e. The molecule has 0 aliphatic carbocycles. The summed E-state index contributed by atoms with van der Waals surface area (Å²) in [6.07, 6.45) is 0. The molecule has 2 nitrogen and oxygen atoms in total. The van der Waals surface area contributed by atoms with Gasteiger partial charge in [0.25, 0.3) is 0 Å². The van der Waals surface area contributed by atoms with Crippen LogP contribution in [0.5, 0.6) is 0 Å². The molecule has 92 valence electrons. The number of carboxylic acids is 1. The Kier molecular flexibility index (Phi) is 3.10. The fourth-order valence-corrected chi connectivity index (χ4v) is 1.84. The zero-order valence-corrected chi connectivity index (χ0v) is 9.58. The Bertz CT molecular complexity index is 621. The van der Waals surface area contributed by atoms with Gasteiger partial charge in [0, 0.05) is 11.6 Å². The van der Waals surface area contributed by atoms with E-state index in [1.54, 1.807) is 18.2 Å². The molecular weight excluding hydrogens is 238 g/mol. The predicted octanol–water partition coefficient (Wildman–Crippen LogP) is 3.64. The Morgan fingerprint density at radius 2 is 1.89 bits per heavy atom. The number of rotatable bonds is 2. The van der Waals surface area contributed by atoms with Crippen LogP contribution in [0.2, 0.25) is 0 Å². The highest BCUT2D eigenvalue weighted by Crippen LogP contribution is 2.28. The van der Waals surface area contributed by atoms with Crippen LogP contribution in [-0.2, 0) is 0 Å². The third-order valence-corrected chi connectivity index (χ3v) is 2.59. The molecule has 0 saturated heterocycles. The molecule has 0 radical (unpaired) electrons. The van der Waals surface area contributed by atoms with Gasteiger partial charge in [-0.2, -0.15) is 0 Å². The van der Waals surface area contributed by atoms with E-state index in [4.69, 9.17) is 5.11 Å². The molecule has 0 aliphatic heterocycles. The quantitative estimate of drug-likeness (QED) is 0.880. The van der Waals surface area contributed by atoms with Gasteiger partial charge in [-0.15, -0.1) is 0 Å². The maximum absolute atomic E-state index is 13.8. The minimum Gasteiger partial charge on any atom is -0.478 e. The Labute approximate surface area is 103 Å². The highest BCUT2D eigenvalue weighted by atomic mass is 19.1. The van der Waals surface area contributed by atoms with E-state index in [-0.39, 0.29) is 11.1 Å². The van der Waals surface area contributed by atoms with E-state index >= 15 is 0 Å². The van der Waals surface area contributed by atoms with Crippen molar-refractivity contribution in [2.24, 2.45) is 0 Å². The van der Waals surface area contributed by atoms with Crippen LogP contribution in [-0.4, -0.2) is 11.1 Å². The first-order valence-electron chi connectivity index (χ1n) is 5.28. The van der Waals surface area contributed by atoms with Crippen LogP contribution in [0.15, 0.2) is 36.4 Å². The zero-order valence-electron chi connectivity index (χ0n) is 9.58.